The van der Waals surface area contributed by atoms with Gasteiger partial charge in [-0.3, -0.25) is 4.79 Å². The van der Waals surface area contributed by atoms with E-state index in [9.17, 15) is 9.59 Å². The number of nitrogens with two attached hydrogens (primary N) is 1. The molecule has 0 radical (unpaired) electrons. The van der Waals surface area contributed by atoms with Crippen LogP contribution >= 0.6 is 0 Å². The lowest BCUT2D eigenvalue weighted by Crippen LogP contribution is -2.14. The Bertz CT molecular complexity index is 658. The van der Waals surface area contributed by atoms with Crippen molar-refractivity contribution in [3.8, 4) is 0 Å². The number of anilines is 1. The van der Waals surface area contributed by atoms with Crippen LogP contribution in [0.5, 0.6) is 0 Å². The lowest BCUT2D eigenvalue weighted by atomic mass is 10.1. The minimum Gasteiger partial charge on any atom is -0.441 e. The smallest absolute Gasteiger partial charge is 0.404 e. The third-order valence-electron chi connectivity index (χ3n) is 2.87. The number of hydrogen-bond donors (Lipinski definition) is 2. The quantitative estimate of drug-likeness (QED) is 0.896. The average Bonchev–Trinajstić information content (AvgIpc) is 2.89. The Morgan fingerprint density at radius 2 is 2.00 bits per heavy atom. The molecule has 0 spiro atoms. The van der Waals surface area contributed by atoms with Gasteiger partial charge in [0, 0.05) is 11.8 Å². The number of hydrogen-bond acceptors (Lipinski definition) is 5. The van der Waals surface area contributed by atoms with E-state index in [-0.39, 0.29) is 18.1 Å². The summed E-state index contributed by atoms with van der Waals surface area (Å²) in [6, 6.07) is 7.11. The molecular formula is C14H15N3O4. The van der Waals surface area contributed by atoms with Crippen LogP contribution in [0.4, 0.5) is 10.5 Å². The van der Waals surface area contributed by atoms with Gasteiger partial charge in [0.15, 0.2) is 18.1 Å². The lowest BCUT2D eigenvalue weighted by molar-refractivity contribution is 0.101. The van der Waals surface area contributed by atoms with Gasteiger partial charge in [0.1, 0.15) is 0 Å². The highest BCUT2D eigenvalue weighted by Crippen LogP contribution is 2.20. The predicted molar refractivity (Wildman–Crippen MR) is 74.7 cm³/mol. The highest BCUT2D eigenvalue weighted by molar-refractivity contribution is 6.03. The zero-order chi connectivity index (χ0) is 15.4. The Morgan fingerprint density at radius 1 is 1.33 bits per heavy atom. The minimum absolute atomic E-state index is 0.0979. The van der Waals surface area contributed by atoms with Crippen LogP contribution in [0.1, 0.15) is 27.4 Å². The number of nitrogens with zero attached hydrogens (tertiary/aromatic N) is 1. The van der Waals surface area contributed by atoms with Gasteiger partial charge in [-0.1, -0.05) is 23.4 Å². The fourth-order valence-corrected chi connectivity index (χ4v) is 1.82. The molecule has 0 saturated heterocycles. The zero-order valence-electron chi connectivity index (χ0n) is 11.7. The van der Waals surface area contributed by atoms with Crippen LogP contribution < -0.4 is 11.1 Å². The number of carbonyl (C=O) groups is 2. The largest absolute Gasteiger partial charge is 0.441 e. The molecule has 21 heavy (non-hydrogen) atoms. The second-order valence-electron chi connectivity index (χ2n) is 4.51. The Morgan fingerprint density at radius 3 is 2.62 bits per heavy atom. The molecule has 1 heterocycles. The number of para-hydroxylation sites is 1. The van der Waals surface area contributed by atoms with Crippen molar-refractivity contribution in [1.82, 2.24) is 5.16 Å². The third kappa shape index (κ3) is 3.59. The minimum atomic E-state index is -0.923. The molecule has 1 aromatic heterocycles. The van der Waals surface area contributed by atoms with E-state index in [1.54, 1.807) is 0 Å². The van der Waals surface area contributed by atoms with Crippen LogP contribution in [0.15, 0.2) is 28.8 Å². The summed E-state index contributed by atoms with van der Waals surface area (Å²) in [6.07, 6.45) is -0.923. The van der Waals surface area contributed by atoms with Crippen LogP contribution in [0, 0.1) is 13.8 Å². The normalized spacial score (nSPS) is 10.2. The van der Waals surface area contributed by atoms with Crippen LogP contribution in [0.2, 0.25) is 0 Å². The molecule has 0 unspecified atom stereocenters. The summed E-state index contributed by atoms with van der Waals surface area (Å²) in [5.41, 5.74) is 7.57. The van der Waals surface area contributed by atoms with Gasteiger partial charge in [0.2, 0.25) is 0 Å². The number of rotatable bonds is 4. The first-order valence-corrected chi connectivity index (χ1v) is 6.22. The maximum Gasteiger partial charge on any atom is 0.404 e. The molecule has 0 atom stereocenters. The van der Waals surface area contributed by atoms with E-state index in [1.807, 2.05) is 32.0 Å². The van der Waals surface area contributed by atoms with Gasteiger partial charge in [-0.2, -0.15) is 0 Å². The summed E-state index contributed by atoms with van der Waals surface area (Å²) in [7, 11) is 0. The van der Waals surface area contributed by atoms with Gasteiger partial charge >= 0.3 is 6.09 Å². The summed E-state index contributed by atoms with van der Waals surface area (Å²) in [5, 5.41) is 6.41. The van der Waals surface area contributed by atoms with E-state index in [1.165, 1.54) is 6.07 Å². The molecule has 0 saturated carbocycles. The van der Waals surface area contributed by atoms with Crippen molar-refractivity contribution in [1.29, 1.82) is 0 Å². The summed E-state index contributed by atoms with van der Waals surface area (Å²) >= 11 is 0. The summed E-state index contributed by atoms with van der Waals surface area (Å²) in [4.78, 5) is 22.6. The van der Waals surface area contributed by atoms with E-state index in [2.05, 4.69) is 15.2 Å². The molecule has 2 rings (SSSR count). The molecule has 1 aromatic carbocycles. The van der Waals surface area contributed by atoms with Gasteiger partial charge in [-0.15, -0.1) is 0 Å². The van der Waals surface area contributed by atoms with Gasteiger partial charge in [-0.25, -0.2) is 4.79 Å². The van der Waals surface area contributed by atoms with E-state index in [0.717, 1.165) is 16.8 Å². The third-order valence-corrected chi connectivity index (χ3v) is 2.87. The number of aromatic nitrogens is 1. The van der Waals surface area contributed by atoms with E-state index >= 15 is 0 Å². The number of carbonyl (C=O) groups excluding carboxylic acids is 2. The molecular weight excluding hydrogens is 274 g/mol. The topological polar surface area (TPSA) is 107 Å². The van der Waals surface area contributed by atoms with Gasteiger partial charge in [0.25, 0.3) is 5.91 Å². The second kappa shape index (κ2) is 6.08. The Labute approximate surface area is 121 Å². The second-order valence-corrected chi connectivity index (χ2v) is 4.51. The van der Waals surface area contributed by atoms with Crippen molar-refractivity contribution < 1.29 is 18.8 Å². The van der Waals surface area contributed by atoms with Gasteiger partial charge < -0.3 is 20.3 Å². The molecule has 0 aliphatic rings. The molecule has 2 aromatic rings. The van der Waals surface area contributed by atoms with Crippen LogP contribution in [0.3, 0.4) is 0 Å². The first-order chi connectivity index (χ1) is 9.97. The number of nitrogens with one attached hydrogen (secondary N) is 1. The SMILES string of the molecule is Cc1cccc(C)c1NC(=O)c1cc(COC(N)=O)on1. The molecule has 110 valence electrons. The standard InChI is InChI=1S/C14H15N3O4/c1-8-4-3-5-9(2)12(8)16-13(18)11-6-10(21-17-11)7-20-14(15)19/h3-6H,7H2,1-2H3,(H2,15,19)(H,16,18). The Hall–Kier alpha value is -2.83. The fourth-order valence-electron chi connectivity index (χ4n) is 1.82. The van der Waals surface area contributed by atoms with E-state index < -0.39 is 12.0 Å². The highest BCUT2D eigenvalue weighted by atomic mass is 16.6. The average molecular weight is 289 g/mol. The molecule has 0 aliphatic heterocycles. The number of ether oxygens (including phenoxy) is 1. The van der Waals surface area contributed by atoms with Crippen LogP contribution in [-0.4, -0.2) is 17.2 Å². The van der Waals surface area contributed by atoms with E-state index in [0.29, 0.717) is 0 Å². The van der Waals surface area contributed by atoms with Crippen molar-refractivity contribution >= 4 is 17.7 Å². The number of benzene rings is 1. The van der Waals surface area contributed by atoms with Crippen molar-refractivity contribution in [3.63, 3.8) is 0 Å². The fraction of sp³-hybridized carbons (Fsp3) is 0.214. The number of primary amides is 1. The molecule has 0 aliphatic carbocycles. The van der Waals surface area contributed by atoms with Crippen molar-refractivity contribution in [2.45, 2.75) is 20.5 Å². The zero-order valence-corrected chi connectivity index (χ0v) is 11.7. The first kappa shape index (κ1) is 14.6. The Balaban J connectivity index is 2.09. The summed E-state index contributed by atoms with van der Waals surface area (Å²) < 4.78 is 9.44. The molecule has 7 heteroatoms. The highest BCUT2D eigenvalue weighted by Gasteiger charge is 2.15. The van der Waals surface area contributed by atoms with Crippen LogP contribution in [-0.2, 0) is 11.3 Å². The maximum absolute atomic E-state index is 12.1. The number of aryl methyl sites for hydroxylation is 2. The molecule has 0 fully saturated rings. The van der Waals surface area contributed by atoms with Crippen molar-refractivity contribution in [2.24, 2.45) is 5.73 Å². The molecule has 7 nitrogen and oxygen atoms in total. The number of amides is 2. The summed E-state index contributed by atoms with van der Waals surface area (Å²) in [5.74, 6) is -0.165. The van der Waals surface area contributed by atoms with Crippen LogP contribution in [0.25, 0.3) is 0 Å². The maximum atomic E-state index is 12.1. The van der Waals surface area contributed by atoms with Gasteiger partial charge in [0.05, 0.1) is 0 Å². The first-order valence-electron chi connectivity index (χ1n) is 6.22. The van der Waals surface area contributed by atoms with Gasteiger partial charge in [-0.05, 0) is 25.0 Å². The van der Waals surface area contributed by atoms with E-state index in [4.69, 9.17) is 10.3 Å². The molecule has 3 N–H and O–H groups in total. The molecule has 0 bridgehead atoms. The lowest BCUT2D eigenvalue weighted by Gasteiger charge is -2.09. The van der Waals surface area contributed by atoms with Crippen molar-refractivity contribution in [3.05, 3.63) is 46.8 Å². The van der Waals surface area contributed by atoms with Crippen molar-refractivity contribution in [2.75, 3.05) is 5.32 Å². The monoisotopic (exact) mass is 289 g/mol. The molecule has 2 amide bonds. The summed E-state index contributed by atoms with van der Waals surface area (Å²) in [6.45, 7) is 3.63. The Kier molecular flexibility index (Phi) is 4.22. The predicted octanol–water partition coefficient (Wildman–Crippen LogP) is 2.14.